The van der Waals surface area contributed by atoms with Crippen LogP contribution in [0.1, 0.15) is 59.7 Å². The van der Waals surface area contributed by atoms with E-state index < -0.39 is 0 Å². The van der Waals surface area contributed by atoms with Crippen molar-refractivity contribution < 1.29 is 9.59 Å². The molecule has 0 bridgehead atoms. The molecule has 0 amide bonds. The number of dihydropyridines is 1. The molecule has 3 nitrogen and oxygen atoms in total. The first kappa shape index (κ1) is 17.2. The van der Waals surface area contributed by atoms with E-state index in [1.165, 1.54) is 5.56 Å². The predicted molar refractivity (Wildman–Crippen MR) is 110 cm³/mol. The summed E-state index contributed by atoms with van der Waals surface area (Å²) in [5.74, 6) is -0.108. The molecule has 3 heteroatoms. The maximum absolute atomic E-state index is 13.4. The van der Waals surface area contributed by atoms with Crippen LogP contribution in [-0.2, 0) is 4.79 Å². The second-order valence-electron chi connectivity index (χ2n) is 8.97. The fourth-order valence-electron chi connectivity index (χ4n) is 4.88. The Kier molecular flexibility index (Phi) is 3.54. The van der Waals surface area contributed by atoms with Crippen LogP contribution < -0.4 is 5.32 Å². The Balaban J connectivity index is 1.75. The van der Waals surface area contributed by atoms with Crippen molar-refractivity contribution in [1.82, 2.24) is 5.32 Å². The summed E-state index contributed by atoms with van der Waals surface area (Å²) in [5, 5.41) is 3.52. The van der Waals surface area contributed by atoms with Crippen LogP contribution in [0.2, 0.25) is 0 Å². The second-order valence-corrected chi connectivity index (χ2v) is 8.97. The number of nitrogens with one attached hydrogen (secondary N) is 1. The standard InChI is InChI=1S/C25H23NO2/c1-14-8-10-15(11-9-14)20-21-18(12-25(2,3)13-19(21)27)26-23-16-6-4-5-7-17(16)24(28)22(20)23/h4-11,20,26H,12-13H2,1-3H3/t20-/m1/s1. The minimum Gasteiger partial charge on any atom is -0.358 e. The van der Waals surface area contributed by atoms with Crippen molar-refractivity contribution >= 4 is 17.3 Å². The molecule has 0 unspecified atom stereocenters. The highest BCUT2D eigenvalue weighted by Gasteiger charge is 2.46. The zero-order valence-corrected chi connectivity index (χ0v) is 16.4. The Hall–Kier alpha value is -2.94. The highest BCUT2D eigenvalue weighted by Crippen LogP contribution is 2.51. The molecule has 1 atom stereocenters. The summed E-state index contributed by atoms with van der Waals surface area (Å²) in [6.45, 7) is 6.32. The van der Waals surface area contributed by atoms with E-state index in [4.69, 9.17) is 0 Å². The molecule has 2 aliphatic carbocycles. The van der Waals surface area contributed by atoms with Crippen molar-refractivity contribution in [3.8, 4) is 0 Å². The van der Waals surface area contributed by atoms with Crippen LogP contribution in [0.4, 0.5) is 0 Å². The summed E-state index contributed by atoms with van der Waals surface area (Å²) in [4.78, 5) is 26.6. The fourth-order valence-corrected chi connectivity index (χ4v) is 4.88. The average Bonchev–Trinajstić information content (AvgIpc) is 2.93. The number of benzene rings is 2. The van der Waals surface area contributed by atoms with E-state index >= 15 is 0 Å². The summed E-state index contributed by atoms with van der Waals surface area (Å²) in [6.07, 6.45) is 1.32. The van der Waals surface area contributed by atoms with Gasteiger partial charge >= 0.3 is 0 Å². The number of carbonyl (C=O) groups is 2. The number of allylic oxidation sites excluding steroid dienone is 3. The lowest BCUT2D eigenvalue weighted by Crippen LogP contribution is -2.37. The number of hydrogen-bond acceptors (Lipinski definition) is 3. The van der Waals surface area contributed by atoms with Gasteiger partial charge in [-0.05, 0) is 24.3 Å². The molecule has 0 radical (unpaired) electrons. The van der Waals surface area contributed by atoms with Gasteiger partial charge in [-0.1, -0.05) is 67.9 Å². The van der Waals surface area contributed by atoms with Crippen LogP contribution in [0.5, 0.6) is 0 Å². The third-order valence-corrected chi connectivity index (χ3v) is 6.14. The Morgan fingerprint density at radius 1 is 0.893 bits per heavy atom. The number of fused-ring (bicyclic) bond motifs is 2. The summed E-state index contributed by atoms with van der Waals surface area (Å²) in [7, 11) is 0. The molecule has 0 aromatic heterocycles. The summed E-state index contributed by atoms with van der Waals surface area (Å²) in [5.41, 5.74) is 7.14. The van der Waals surface area contributed by atoms with Crippen LogP contribution >= 0.6 is 0 Å². The highest BCUT2D eigenvalue weighted by atomic mass is 16.1. The monoisotopic (exact) mass is 369 g/mol. The zero-order chi connectivity index (χ0) is 19.6. The third kappa shape index (κ3) is 2.42. The number of rotatable bonds is 1. The fraction of sp³-hybridized carbons (Fsp3) is 0.280. The molecule has 3 aliphatic rings. The normalized spacial score (nSPS) is 22.6. The van der Waals surface area contributed by atoms with Gasteiger partial charge in [0.15, 0.2) is 11.6 Å². The molecule has 2 aromatic rings. The molecule has 1 heterocycles. The third-order valence-electron chi connectivity index (χ3n) is 6.14. The SMILES string of the molecule is Cc1ccc([C@@H]2C3=C(CC(C)(C)CC3=O)NC3=C2C(=O)c2ccccc23)cc1. The Morgan fingerprint density at radius 2 is 1.57 bits per heavy atom. The minimum atomic E-state index is -0.296. The molecule has 5 rings (SSSR count). The van der Waals surface area contributed by atoms with Gasteiger partial charge < -0.3 is 5.32 Å². The van der Waals surface area contributed by atoms with Gasteiger partial charge in [-0.2, -0.15) is 0 Å². The van der Waals surface area contributed by atoms with Crippen LogP contribution in [0.25, 0.3) is 5.70 Å². The molecule has 1 N–H and O–H groups in total. The van der Waals surface area contributed by atoms with Gasteiger partial charge in [0.05, 0.1) is 5.70 Å². The Labute approximate surface area is 165 Å². The van der Waals surface area contributed by atoms with E-state index in [1.807, 2.05) is 31.2 Å². The number of ketones is 2. The van der Waals surface area contributed by atoms with Gasteiger partial charge in [-0.25, -0.2) is 0 Å². The molecule has 1 aliphatic heterocycles. The van der Waals surface area contributed by atoms with E-state index in [0.29, 0.717) is 6.42 Å². The predicted octanol–water partition coefficient (Wildman–Crippen LogP) is 4.93. The zero-order valence-electron chi connectivity index (χ0n) is 16.4. The van der Waals surface area contributed by atoms with E-state index in [2.05, 4.69) is 43.4 Å². The van der Waals surface area contributed by atoms with Gasteiger partial charge in [0.2, 0.25) is 0 Å². The maximum Gasteiger partial charge on any atom is 0.192 e. The molecular weight excluding hydrogens is 346 g/mol. The van der Waals surface area contributed by atoms with Crippen molar-refractivity contribution in [1.29, 1.82) is 0 Å². The topological polar surface area (TPSA) is 46.2 Å². The molecule has 140 valence electrons. The van der Waals surface area contributed by atoms with Crippen LogP contribution in [0.3, 0.4) is 0 Å². The van der Waals surface area contributed by atoms with Crippen molar-refractivity contribution in [2.24, 2.45) is 5.41 Å². The number of carbonyl (C=O) groups excluding carboxylic acids is 2. The van der Waals surface area contributed by atoms with E-state index in [9.17, 15) is 9.59 Å². The molecule has 0 saturated carbocycles. The smallest absolute Gasteiger partial charge is 0.192 e. The van der Waals surface area contributed by atoms with Gasteiger partial charge in [0.25, 0.3) is 0 Å². The first-order valence-corrected chi connectivity index (χ1v) is 9.84. The largest absolute Gasteiger partial charge is 0.358 e. The lowest BCUT2D eigenvalue weighted by atomic mass is 9.68. The first-order valence-electron chi connectivity index (χ1n) is 9.84. The Morgan fingerprint density at radius 3 is 2.29 bits per heavy atom. The summed E-state index contributed by atoms with van der Waals surface area (Å²) in [6, 6.07) is 16.0. The molecule has 0 saturated heterocycles. The second kappa shape index (κ2) is 5.78. The summed E-state index contributed by atoms with van der Waals surface area (Å²) >= 11 is 0. The van der Waals surface area contributed by atoms with Gasteiger partial charge in [0.1, 0.15) is 0 Å². The lowest BCUT2D eigenvalue weighted by molar-refractivity contribution is -0.118. The quantitative estimate of drug-likeness (QED) is 0.775. The van der Waals surface area contributed by atoms with Crippen LogP contribution in [-0.4, -0.2) is 11.6 Å². The van der Waals surface area contributed by atoms with E-state index in [1.54, 1.807) is 0 Å². The lowest BCUT2D eigenvalue weighted by Gasteiger charge is -2.39. The van der Waals surface area contributed by atoms with Crippen molar-refractivity contribution in [2.45, 2.75) is 39.5 Å². The summed E-state index contributed by atoms with van der Waals surface area (Å²) < 4.78 is 0. The molecule has 0 spiro atoms. The van der Waals surface area contributed by atoms with E-state index in [0.717, 1.165) is 45.7 Å². The Bertz CT molecular complexity index is 1100. The average molecular weight is 369 g/mol. The molecular formula is C25H23NO2. The van der Waals surface area contributed by atoms with Crippen molar-refractivity contribution in [3.05, 3.63) is 87.6 Å². The molecule has 0 fully saturated rings. The molecule has 28 heavy (non-hydrogen) atoms. The molecule has 2 aromatic carbocycles. The number of Topliss-reactive ketones (excluding diaryl/α,β-unsaturated/α-hetero) is 2. The number of aryl methyl sites for hydroxylation is 1. The van der Waals surface area contributed by atoms with Gasteiger partial charge in [-0.15, -0.1) is 0 Å². The van der Waals surface area contributed by atoms with Crippen molar-refractivity contribution in [3.63, 3.8) is 0 Å². The minimum absolute atomic E-state index is 0.0351. The van der Waals surface area contributed by atoms with Gasteiger partial charge in [-0.3, -0.25) is 9.59 Å². The van der Waals surface area contributed by atoms with Crippen LogP contribution in [0, 0.1) is 12.3 Å². The maximum atomic E-state index is 13.4. The van der Waals surface area contributed by atoms with Crippen LogP contribution in [0.15, 0.2) is 65.4 Å². The van der Waals surface area contributed by atoms with Gasteiger partial charge in [0, 0.05) is 40.3 Å². The highest BCUT2D eigenvalue weighted by molar-refractivity contribution is 6.23. The van der Waals surface area contributed by atoms with Crippen molar-refractivity contribution in [2.75, 3.05) is 0 Å². The number of hydrogen-bond donors (Lipinski definition) is 1. The van der Waals surface area contributed by atoms with E-state index in [-0.39, 0.29) is 22.9 Å². The first-order chi connectivity index (χ1) is 13.4.